The van der Waals surface area contributed by atoms with Gasteiger partial charge < -0.3 is 19.9 Å². The highest BCUT2D eigenvalue weighted by molar-refractivity contribution is 5.50. The number of nitrogens with one attached hydrogen (secondary N) is 1. The monoisotopic (exact) mass is 296 g/mol. The molecule has 0 saturated heterocycles. The maximum Gasteiger partial charge on any atom is 0.314 e. The lowest BCUT2D eigenvalue weighted by Crippen LogP contribution is -2.43. The fourth-order valence-electron chi connectivity index (χ4n) is 1.84. The topological polar surface area (TPSA) is 93.9 Å². The van der Waals surface area contributed by atoms with Crippen LogP contribution in [0.2, 0.25) is 0 Å². The van der Waals surface area contributed by atoms with Crippen LogP contribution in [-0.2, 0) is 0 Å². The van der Waals surface area contributed by atoms with Gasteiger partial charge in [-0.3, -0.25) is 10.1 Å². The zero-order valence-corrected chi connectivity index (χ0v) is 12.2. The van der Waals surface area contributed by atoms with E-state index in [1.165, 1.54) is 19.2 Å². The molecule has 0 radical (unpaired) electrons. The Kier molecular flexibility index (Phi) is 4.64. The lowest BCUT2D eigenvalue weighted by atomic mass is 10.1. The van der Waals surface area contributed by atoms with Crippen molar-refractivity contribution < 1.29 is 19.5 Å². The van der Waals surface area contributed by atoms with Gasteiger partial charge in [0.05, 0.1) is 18.1 Å². The van der Waals surface area contributed by atoms with Crippen molar-refractivity contribution in [3.05, 3.63) is 28.3 Å². The van der Waals surface area contributed by atoms with Gasteiger partial charge in [0, 0.05) is 12.6 Å². The first kappa shape index (κ1) is 15.5. The van der Waals surface area contributed by atoms with E-state index in [1.54, 1.807) is 13.0 Å². The van der Waals surface area contributed by atoms with E-state index in [1.807, 2.05) is 0 Å². The van der Waals surface area contributed by atoms with Crippen molar-refractivity contribution in [2.24, 2.45) is 0 Å². The van der Waals surface area contributed by atoms with E-state index in [0.29, 0.717) is 18.3 Å². The maximum absolute atomic E-state index is 10.9. The molecule has 1 unspecified atom stereocenters. The standard InChI is InChI=1S/C14H20N2O5/c1-14(17,8-15-10-3-4-10)9-21-11-5-6-13(20-2)12(7-11)16(18)19/h5-7,10,15,17H,3-4,8-9H2,1-2H3. The van der Waals surface area contributed by atoms with Crippen LogP contribution in [-0.4, -0.2) is 41.9 Å². The van der Waals surface area contributed by atoms with Crippen LogP contribution in [0.25, 0.3) is 0 Å². The number of nitro groups is 1. The van der Waals surface area contributed by atoms with E-state index < -0.39 is 10.5 Å². The van der Waals surface area contributed by atoms with Gasteiger partial charge in [-0.2, -0.15) is 0 Å². The van der Waals surface area contributed by atoms with Crippen molar-refractivity contribution in [3.63, 3.8) is 0 Å². The predicted molar refractivity (Wildman–Crippen MR) is 76.8 cm³/mol. The molecule has 0 aromatic heterocycles. The number of methoxy groups -OCH3 is 1. The highest BCUT2D eigenvalue weighted by Crippen LogP contribution is 2.31. The number of nitrogens with zero attached hydrogens (tertiary/aromatic N) is 1. The molecule has 2 rings (SSSR count). The largest absolute Gasteiger partial charge is 0.490 e. The zero-order valence-electron chi connectivity index (χ0n) is 12.2. The molecule has 7 nitrogen and oxygen atoms in total. The Hall–Kier alpha value is -1.86. The molecule has 1 aromatic rings. The summed E-state index contributed by atoms with van der Waals surface area (Å²) >= 11 is 0. The van der Waals surface area contributed by atoms with Crippen LogP contribution < -0.4 is 14.8 Å². The normalized spacial score (nSPS) is 17.1. The molecule has 116 valence electrons. The number of hydrogen-bond acceptors (Lipinski definition) is 6. The van der Waals surface area contributed by atoms with Crippen molar-refractivity contribution in [1.82, 2.24) is 5.32 Å². The Morgan fingerprint density at radius 2 is 2.24 bits per heavy atom. The maximum atomic E-state index is 10.9. The Labute approximate surface area is 123 Å². The summed E-state index contributed by atoms with van der Waals surface area (Å²) in [6, 6.07) is 4.85. The summed E-state index contributed by atoms with van der Waals surface area (Å²) in [6.45, 7) is 2.15. The van der Waals surface area contributed by atoms with Crippen LogP contribution in [0.3, 0.4) is 0 Å². The number of ether oxygens (including phenoxy) is 2. The minimum atomic E-state index is -1.03. The summed E-state index contributed by atoms with van der Waals surface area (Å²) in [4.78, 5) is 10.4. The molecule has 1 saturated carbocycles. The van der Waals surface area contributed by atoms with Crippen molar-refractivity contribution in [2.75, 3.05) is 20.3 Å². The van der Waals surface area contributed by atoms with Gasteiger partial charge in [-0.05, 0) is 31.9 Å². The molecule has 0 heterocycles. The van der Waals surface area contributed by atoms with E-state index in [4.69, 9.17) is 9.47 Å². The molecule has 7 heteroatoms. The molecule has 1 aliphatic rings. The molecule has 1 aromatic carbocycles. The fraction of sp³-hybridized carbons (Fsp3) is 0.571. The van der Waals surface area contributed by atoms with E-state index in [-0.39, 0.29) is 18.0 Å². The van der Waals surface area contributed by atoms with Gasteiger partial charge in [0.25, 0.3) is 0 Å². The van der Waals surface area contributed by atoms with Gasteiger partial charge in [0.2, 0.25) is 0 Å². The average Bonchev–Trinajstić information content (AvgIpc) is 3.27. The first-order valence-corrected chi connectivity index (χ1v) is 6.82. The molecular formula is C14H20N2O5. The van der Waals surface area contributed by atoms with Gasteiger partial charge >= 0.3 is 5.69 Å². The molecule has 0 spiro atoms. The van der Waals surface area contributed by atoms with E-state index in [0.717, 1.165) is 12.8 Å². The summed E-state index contributed by atoms with van der Waals surface area (Å²) in [7, 11) is 1.37. The highest BCUT2D eigenvalue weighted by Gasteiger charge is 2.27. The number of benzene rings is 1. The van der Waals surface area contributed by atoms with Gasteiger partial charge in [0.1, 0.15) is 18.0 Å². The summed E-state index contributed by atoms with van der Waals surface area (Å²) in [5, 5.41) is 24.3. The molecule has 2 N–H and O–H groups in total. The number of hydrogen-bond donors (Lipinski definition) is 2. The second kappa shape index (κ2) is 6.28. The van der Waals surface area contributed by atoms with E-state index >= 15 is 0 Å². The Morgan fingerprint density at radius 1 is 1.52 bits per heavy atom. The molecule has 1 atom stereocenters. The van der Waals surface area contributed by atoms with Crippen molar-refractivity contribution in [2.45, 2.75) is 31.4 Å². The third-order valence-electron chi connectivity index (χ3n) is 3.25. The van der Waals surface area contributed by atoms with Crippen LogP contribution in [0.5, 0.6) is 11.5 Å². The molecule has 0 aliphatic heterocycles. The fourth-order valence-corrected chi connectivity index (χ4v) is 1.84. The summed E-state index contributed by atoms with van der Waals surface area (Å²) in [6.07, 6.45) is 2.28. The van der Waals surface area contributed by atoms with Gasteiger partial charge in [0.15, 0.2) is 5.75 Å². The van der Waals surface area contributed by atoms with Crippen LogP contribution in [0.4, 0.5) is 5.69 Å². The van der Waals surface area contributed by atoms with Crippen LogP contribution in [0.15, 0.2) is 18.2 Å². The average molecular weight is 296 g/mol. The van der Waals surface area contributed by atoms with Gasteiger partial charge in [-0.25, -0.2) is 0 Å². The molecule has 0 bridgehead atoms. The SMILES string of the molecule is COc1ccc(OCC(C)(O)CNC2CC2)cc1[N+](=O)[O-]. The molecule has 21 heavy (non-hydrogen) atoms. The van der Waals surface area contributed by atoms with E-state index in [2.05, 4.69) is 5.32 Å². The van der Waals surface area contributed by atoms with Gasteiger partial charge in [-0.1, -0.05) is 0 Å². The Balaban J connectivity index is 1.95. The zero-order chi connectivity index (χ0) is 15.5. The van der Waals surface area contributed by atoms with Crippen molar-refractivity contribution >= 4 is 5.69 Å². The quantitative estimate of drug-likeness (QED) is 0.557. The molecular weight excluding hydrogens is 276 g/mol. The summed E-state index contributed by atoms with van der Waals surface area (Å²) in [5.74, 6) is 0.503. The second-order valence-electron chi connectivity index (χ2n) is 5.53. The number of aliphatic hydroxyl groups is 1. The van der Waals surface area contributed by atoms with Gasteiger partial charge in [-0.15, -0.1) is 0 Å². The molecule has 0 amide bonds. The first-order valence-electron chi connectivity index (χ1n) is 6.82. The minimum Gasteiger partial charge on any atom is -0.490 e. The highest BCUT2D eigenvalue weighted by atomic mass is 16.6. The van der Waals surface area contributed by atoms with E-state index in [9.17, 15) is 15.2 Å². The third-order valence-corrected chi connectivity index (χ3v) is 3.25. The molecule has 1 fully saturated rings. The molecule has 1 aliphatic carbocycles. The lowest BCUT2D eigenvalue weighted by Gasteiger charge is -2.24. The van der Waals surface area contributed by atoms with Crippen molar-refractivity contribution in [1.29, 1.82) is 0 Å². The Bertz CT molecular complexity index is 514. The first-order chi connectivity index (χ1) is 9.91. The summed E-state index contributed by atoms with van der Waals surface area (Å²) < 4.78 is 10.4. The van der Waals surface area contributed by atoms with Crippen LogP contribution >= 0.6 is 0 Å². The Morgan fingerprint density at radius 3 is 2.81 bits per heavy atom. The predicted octanol–water partition coefficient (Wildman–Crippen LogP) is 1.49. The minimum absolute atomic E-state index is 0.0518. The number of rotatable bonds is 8. The van der Waals surface area contributed by atoms with Crippen LogP contribution in [0.1, 0.15) is 19.8 Å². The van der Waals surface area contributed by atoms with Crippen molar-refractivity contribution in [3.8, 4) is 11.5 Å². The summed E-state index contributed by atoms with van der Waals surface area (Å²) in [5.41, 5.74) is -1.19. The number of nitro benzene ring substituents is 1. The van der Waals surface area contributed by atoms with Crippen LogP contribution in [0, 0.1) is 10.1 Å². The lowest BCUT2D eigenvalue weighted by molar-refractivity contribution is -0.385. The smallest absolute Gasteiger partial charge is 0.314 e. The second-order valence-corrected chi connectivity index (χ2v) is 5.53. The third kappa shape index (κ3) is 4.57.